The van der Waals surface area contributed by atoms with Crippen LogP contribution in [-0.4, -0.2) is 40.1 Å². The van der Waals surface area contributed by atoms with Crippen molar-refractivity contribution in [3.63, 3.8) is 0 Å². The summed E-state index contributed by atoms with van der Waals surface area (Å²) in [5.41, 5.74) is 0. The van der Waals surface area contributed by atoms with E-state index in [1.807, 2.05) is 0 Å². The number of carbonyl (C=O) groups excluding carboxylic acids is 2. The summed E-state index contributed by atoms with van der Waals surface area (Å²) in [7, 11) is -0.393. The fourth-order valence-electron chi connectivity index (χ4n) is 1.65. The van der Waals surface area contributed by atoms with Crippen LogP contribution in [0.5, 0.6) is 0 Å². The molecule has 23 heavy (non-hydrogen) atoms. The molecule has 0 rings (SSSR count). The van der Waals surface area contributed by atoms with Gasteiger partial charge in [-0.3, -0.25) is 4.79 Å². The molecule has 0 fully saturated rings. The molecular formula is C17H32O5Si. The van der Waals surface area contributed by atoms with Crippen LogP contribution in [0.15, 0.2) is 12.2 Å². The summed E-state index contributed by atoms with van der Waals surface area (Å²) in [6.45, 7) is 13.2. The normalized spacial score (nSPS) is 13.9. The Labute approximate surface area is 141 Å². The van der Waals surface area contributed by atoms with Crippen molar-refractivity contribution in [3.8, 4) is 0 Å². The van der Waals surface area contributed by atoms with E-state index in [9.17, 15) is 9.59 Å². The first-order valence-corrected chi connectivity index (χ1v) is 11.0. The van der Waals surface area contributed by atoms with Crippen molar-refractivity contribution in [2.45, 2.75) is 71.2 Å². The summed E-state index contributed by atoms with van der Waals surface area (Å²) < 4.78 is 15.8. The molecule has 0 heterocycles. The Hall–Kier alpha value is -1.14. The van der Waals surface area contributed by atoms with Crippen molar-refractivity contribution < 1.29 is 23.5 Å². The quantitative estimate of drug-likeness (QED) is 0.275. The van der Waals surface area contributed by atoms with Crippen LogP contribution in [0.2, 0.25) is 18.1 Å². The van der Waals surface area contributed by atoms with Gasteiger partial charge in [0.25, 0.3) is 0 Å². The van der Waals surface area contributed by atoms with Crippen molar-refractivity contribution in [2.75, 3.05) is 13.7 Å². The van der Waals surface area contributed by atoms with Crippen molar-refractivity contribution in [2.24, 2.45) is 0 Å². The molecule has 1 atom stereocenters. The maximum Gasteiger partial charge on any atom is 0.330 e. The molecule has 0 unspecified atom stereocenters. The van der Waals surface area contributed by atoms with Gasteiger partial charge in [-0.2, -0.15) is 0 Å². The number of unbranched alkanes of at least 4 members (excludes halogenated alkanes) is 1. The van der Waals surface area contributed by atoms with E-state index in [-0.39, 0.29) is 11.0 Å². The molecule has 5 nitrogen and oxygen atoms in total. The van der Waals surface area contributed by atoms with E-state index in [2.05, 4.69) is 38.6 Å². The van der Waals surface area contributed by atoms with E-state index in [4.69, 9.17) is 9.16 Å². The molecule has 6 heteroatoms. The van der Waals surface area contributed by atoms with Gasteiger partial charge in [0.1, 0.15) is 6.10 Å². The Balaban J connectivity index is 4.25. The van der Waals surface area contributed by atoms with Crippen LogP contribution in [0.1, 0.15) is 47.0 Å². The zero-order chi connectivity index (χ0) is 18.1. The lowest BCUT2D eigenvalue weighted by molar-refractivity contribution is -0.144. The molecular weight excluding hydrogens is 312 g/mol. The molecule has 0 N–H and O–H groups in total. The third-order valence-electron chi connectivity index (χ3n) is 4.12. The lowest BCUT2D eigenvalue weighted by atomic mass is 10.1. The molecule has 0 radical (unpaired) electrons. The highest BCUT2D eigenvalue weighted by Crippen LogP contribution is 2.36. The van der Waals surface area contributed by atoms with Crippen LogP contribution in [0.25, 0.3) is 0 Å². The van der Waals surface area contributed by atoms with E-state index < -0.39 is 20.4 Å². The number of ether oxygens (including phenoxy) is 2. The highest BCUT2D eigenvalue weighted by molar-refractivity contribution is 6.74. The first-order valence-electron chi connectivity index (χ1n) is 8.07. The van der Waals surface area contributed by atoms with Crippen molar-refractivity contribution in [1.82, 2.24) is 0 Å². The van der Waals surface area contributed by atoms with Crippen LogP contribution in [0, 0.1) is 0 Å². The molecule has 134 valence electrons. The SMILES string of the molecule is COC(=O)/C=C/[C@@H](CCCCO[Si](C)(C)C(C)(C)C)OC(C)=O. The summed E-state index contributed by atoms with van der Waals surface area (Å²) in [6, 6.07) is 0. The van der Waals surface area contributed by atoms with Crippen LogP contribution in [0.3, 0.4) is 0 Å². The lowest BCUT2D eigenvalue weighted by Gasteiger charge is -2.36. The highest BCUT2D eigenvalue weighted by atomic mass is 28.4. The largest absolute Gasteiger partial charge is 0.466 e. The predicted octanol–water partition coefficient (Wildman–Crippen LogP) is 3.84. The van der Waals surface area contributed by atoms with Crippen molar-refractivity contribution >= 4 is 20.3 Å². The molecule has 0 saturated heterocycles. The van der Waals surface area contributed by atoms with Gasteiger partial charge >= 0.3 is 11.9 Å². The number of hydrogen-bond donors (Lipinski definition) is 0. The maximum atomic E-state index is 11.1. The standard InChI is InChI=1S/C17H32O5Si/c1-14(18)22-15(11-12-16(19)20-5)10-8-9-13-21-23(6,7)17(2,3)4/h11-12,15H,8-10,13H2,1-7H3/b12-11+/t15-/m1/s1. The van der Waals surface area contributed by atoms with Crippen LogP contribution in [-0.2, 0) is 23.5 Å². The predicted molar refractivity (Wildman–Crippen MR) is 93.7 cm³/mol. The molecule has 0 aromatic rings. The third-order valence-corrected chi connectivity index (χ3v) is 8.66. The Kier molecular flexibility index (Phi) is 9.38. The smallest absolute Gasteiger partial charge is 0.330 e. The van der Waals surface area contributed by atoms with Gasteiger partial charge in [0, 0.05) is 19.6 Å². The molecule has 0 saturated carbocycles. The molecule has 0 bridgehead atoms. The molecule has 0 aliphatic rings. The van der Waals surface area contributed by atoms with E-state index in [0.29, 0.717) is 13.0 Å². The highest BCUT2D eigenvalue weighted by Gasteiger charge is 2.36. The number of methoxy groups -OCH3 is 1. The van der Waals surface area contributed by atoms with Gasteiger partial charge in [-0.05, 0) is 43.5 Å². The number of rotatable bonds is 9. The fraction of sp³-hybridized carbons (Fsp3) is 0.765. The molecule has 0 aliphatic carbocycles. The first kappa shape index (κ1) is 21.9. The minimum Gasteiger partial charge on any atom is -0.466 e. The minimum atomic E-state index is -1.70. The van der Waals surface area contributed by atoms with Gasteiger partial charge in [0.15, 0.2) is 8.32 Å². The summed E-state index contributed by atoms with van der Waals surface area (Å²) in [5.74, 6) is -0.814. The Bertz CT molecular complexity index is 410. The van der Waals surface area contributed by atoms with Gasteiger partial charge in [-0.1, -0.05) is 20.8 Å². The van der Waals surface area contributed by atoms with E-state index in [1.54, 1.807) is 6.08 Å². The zero-order valence-electron chi connectivity index (χ0n) is 15.6. The minimum absolute atomic E-state index is 0.205. The van der Waals surface area contributed by atoms with Gasteiger partial charge in [0.2, 0.25) is 0 Å². The Morgan fingerprint density at radius 3 is 2.26 bits per heavy atom. The average Bonchev–Trinajstić information content (AvgIpc) is 2.41. The van der Waals surface area contributed by atoms with Gasteiger partial charge in [-0.25, -0.2) is 4.79 Å². The first-order chi connectivity index (χ1) is 10.5. The van der Waals surface area contributed by atoms with Gasteiger partial charge < -0.3 is 13.9 Å². The second-order valence-electron chi connectivity index (χ2n) is 7.13. The van der Waals surface area contributed by atoms with E-state index in [0.717, 1.165) is 12.8 Å². The third kappa shape index (κ3) is 9.56. The molecule has 0 aromatic carbocycles. The molecule has 0 spiro atoms. The lowest BCUT2D eigenvalue weighted by Crippen LogP contribution is -2.40. The summed E-state index contributed by atoms with van der Waals surface area (Å²) in [6.07, 6.45) is 4.88. The monoisotopic (exact) mass is 344 g/mol. The number of hydrogen-bond acceptors (Lipinski definition) is 5. The van der Waals surface area contributed by atoms with Crippen LogP contribution in [0.4, 0.5) is 0 Å². The summed E-state index contributed by atoms with van der Waals surface area (Å²) in [5, 5.41) is 0.205. The average molecular weight is 345 g/mol. The maximum absolute atomic E-state index is 11.1. The second kappa shape index (κ2) is 9.88. The molecule has 0 amide bonds. The molecule has 0 aliphatic heterocycles. The second-order valence-corrected chi connectivity index (χ2v) is 11.9. The number of esters is 2. The van der Waals surface area contributed by atoms with E-state index >= 15 is 0 Å². The number of carbonyl (C=O) groups is 2. The summed E-state index contributed by atoms with van der Waals surface area (Å²) >= 11 is 0. The van der Waals surface area contributed by atoms with Crippen molar-refractivity contribution in [3.05, 3.63) is 12.2 Å². The Morgan fingerprint density at radius 1 is 1.17 bits per heavy atom. The topological polar surface area (TPSA) is 61.8 Å². The van der Waals surface area contributed by atoms with Crippen molar-refractivity contribution in [1.29, 1.82) is 0 Å². The fourth-order valence-corrected chi connectivity index (χ4v) is 2.74. The van der Waals surface area contributed by atoms with Crippen LogP contribution >= 0.6 is 0 Å². The van der Waals surface area contributed by atoms with Gasteiger partial charge in [-0.15, -0.1) is 0 Å². The van der Waals surface area contributed by atoms with Crippen LogP contribution < -0.4 is 0 Å². The van der Waals surface area contributed by atoms with Gasteiger partial charge in [0.05, 0.1) is 7.11 Å². The molecule has 0 aromatic heterocycles. The summed E-state index contributed by atoms with van der Waals surface area (Å²) in [4.78, 5) is 22.2. The Morgan fingerprint density at radius 2 is 1.78 bits per heavy atom. The van der Waals surface area contributed by atoms with E-state index in [1.165, 1.54) is 20.1 Å². The zero-order valence-corrected chi connectivity index (χ0v) is 16.6.